The Balaban J connectivity index is 2.05. The van der Waals surface area contributed by atoms with Crippen LogP contribution in [0.1, 0.15) is 11.4 Å². The first-order chi connectivity index (χ1) is 8.74. The summed E-state index contributed by atoms with van der Waals surface area (Å²) >= 11 is 6.17. The van der Waals surface area contributed by atoms with Gasteiger partial charge in [-0.15, -0.1) is 0 Å². The van der Waals surface area contributed by atoms with Crippen LogP contribution in [0, 0.1) is 0 Å². The number of aromatic nitrogens is 2. The number of imidazole rings is 1. The van der Waals surface area contributed by atoms with E-state index in [-0.39, 0.29) is 5.75 Å². The fourth-order valence-electron chi connectivity index (χ4n) is 2.04. The monoisotopic (exact) mass is 258 g/mol. The smallest absolute Gasteiger partial charge is 0.118 e. The Morgan fingerprint density at radius 2 is 2.00 bits per heavy atom. The zero-order valence-corrected chi connectivity index (χ0v) is 10.3. The van der Waals surface area contributed by atoms with Gasteiger partial charge in [-0.05, 0) is 29.8 Å². The summed E-state index contributed by atoms with van der Waals surface area (Å²) in [5.41, 5.74) is 1.97. The third kappa shape index (κ3) is 1.93. The Morgan fingerprint density at radius 1 is 1.17 bits per heavy atom. The quantitative estimate of drug-likeness (QED) is 0.717. The summed E-state index contributed by atoms with van der Waals surface area (Å²) in [5, 5.41) is 10.1. The van der Waals surface area contributed by atoms with E-state index in [0.717, 1.165) is 16.9 Å². The minimum atomic E-state index is 0.263. The van der Waals surface area contributed by atoms with Crippen molar-refractivity contribution in [2.24, 2.45) is 0 Å². The molecule has 0 unspecified atom stereocenters. The Kier molecular flexibility index (Phi) is 2.68. The van der Waals surface area contributed by atoms with Gasteiger partial charge in [0.2, 0.25) is 0 Å². The molecule has 3 rings (SSSR count). The second-order valence-electron chi connectivity index (χ2n) is 4.13. The van der Waals surface area contributed by atoms with Crippen LogP contribution in [-0.2, 0) is 6.42 Å². The van der Waals surface area contributed by atoms with Gasteiger partial charge in [-0.25, -0.2) is 4.98 Å². The molecular formula is C14H11ClN2O. The molecule has 3 nitrogen and oxygen atoms in total. The number of pyridine rings is 1. The van der Waals surface area contributed by atoms with Crippen molar-refractivity contribution < 1.29 is 5.11 Å². The number of fused-ring (bicyclic) bond motifs is 1. The molecule has 0 aliphatic carbocycles. The van der Waals surface area contributed by atoms with Crippen LogP contribution in [-0.4, -0.2) is 14.5 Å². The lowest BCUT2D eigenvalue weighted by atomic mass is 10.1. The number of phenolic OH excluding ortho intramolecular Hbond substituents is 1. The van der Waals surface area contributed by atoms with E-state index in [9.17, 15) is 5.11 Å². The SMILES string of the molecule is Oc1cccc(Cc2ncc3cccc(Cl)n23)c1. The maximum absolute atomic E-state index is 9.46. The highest BCUT2D eigenvalue weighted by Crippen LogP contribution is 2.19. The minimum Gasteiger partial charge on any atom is -0.508 e. The lowest BCUT2D eigenvalue weighted by Gasteiger charge is -2.04. The summed E-state index contributed by atoms with van der Waals surface area (Å²) in [7, 11) is 0. The van der Waals surface area contributed by atoms with Crippen molar-refractivity contribution in [3.63, 3.8) is 0 Å². The van der Waals surface area contributed by atoms with Crippen LogP contribution in [0.4, 0.5) is 0 Å². The van der Waals surface area contributed by atoms with Crippen LogP contribution < -0.4 is 0 Å². The highest BCUT2D eigenvalue weighted by molar-refractivity contribution is 6.29. The molecule has 0 spiro atoms. The first-order valence-electron chi connectivity index (χ1n) is 5.63. The zero-order valence-electron chi connectivity index (χ0n) is 9.55. The van der Waals surface area contributed by atoms with E-state index in [0.29, 0.717) is 11.6 Å². The second kappa shape index (κ2) is 4.35. The minimum absolute atomic E-state index is 0.263. The number of aromatic hydroxyl groups is 1. The molecule has 3 aromatic rings. The summed E-state index contributed by atoms with van der Waals surface area (Å²) in [6, 6.07) is 12.9. The van der Waals surface area contributed by atoms with Crippen molar-refractivity contribution >= 4 is 17.1 Å². The van der Waals surface area contributed by atoms with Crippen LogP contribution in [0.2, 0.25) is 5.15 Å². The van der Waals surface area contributed by atoms with Crippen molar-refractivity contribution in [1.82, 2.24) is 9.38 Å². The van der Waals surface area contributed by atoms with Crippen LogP contribution in [0.25, 0.3) is 5.52 Å². The van der Waals surface area contributed by atoms with Crippen molar-refractivity contribution in [2.75, 3.05) is 0 Å². The highest BCUT2D eigenvalue weighted by atomic mass is 35.5. The van der Waals surface area contributed by atoms with Crippen molar-refractivity contribution in [1.29, 1.82) is 0 Å². The van der Waals surface area contributed by atoms with E-state index in [4.69, 9.17) is 11.6 Å². The highest BCUT2D eigenvalue weighted by Gasteiger charge is 2.07. The summed E-state index contributed by atoms with van der Waals surface area (Å²) < 4.78 is 1.91. The van der Waals surface area contributed by atoms with Crippen molar-refractivity contribution in [2.45, 2.75) is 6.42 Å². The number of phenols is 1. The molecule has 0 saturated heterocycles. The van der Waals surface area contributed by atoms with Gasteiger partial charge in [0.05, 0.1) is 11.7 Å². The second-order valence-corrected chi connectivity index (χ2v) is 4.52. The third-order valence-corrected chi connectivity index (χ3v) is 3.14. The van der Waals surface area contributed by atoms with Gasteiger partial charge in [0, 0.05) is 6.42 Å². The first kappa shape index (κ1) is 11.1. The van der Waals surface area contributed by atoms with E-state index in [1.807, 2.05) is 34.7 Å². The van der Waals surface area contributed by atoms with Gasteiger partial charge < -0.3 is 5.11 Å². The van der Waals surface area contributed by atoms with Gasteiger partial charge in [-0.3, -0.25) is 4.40 Å². The van der Waals surface area contributed by atoms with Crippen molar-refractivity contribution in [3.8, 4) is 5.75 Å². The molecule has 0 aliphatic rings. The molecule has 0 bridgehead atoms. The zero-order chi connectivity index (χ0) is 12.5. The molecule has 0 saturated carbocycles. The average Bonchev–Trinajstić information content (AvgIpc) is 2.74. The summed E-state index contributed by atoms with van der Waals surface area (Å²) in [6.07, 6.45) is 2.43. The first-order valence-corrected chi connectivity index (χ1v) is 6.00. The van der Waals surface area contributed by atoms with Gasteiger partial charge in [0.15, 0.2) is 0 Å². The van der Waals surface area contributed by atoms with Crippen LogP contribution in [0.5, 0.6) is 5.75 Å². The number of nitrogens with zero attached hydrogens (tertiary/aromatic N) is 2. The van der Waals surface area contributed by atoms with Crippen LogP contribution in [0.3, 0.4) is 0 Å². The molecule has 1 N–H and O–H groups in total. The lowest BCUT2D eigenvalue weighted by molar-refractivity contribution is 0.474. The predicted octanol–water partition coefficient (Wildman–Crippen LogP) is 3.28. The van der Waals surface area contributed by atoms with Gasteiger partial charge >= 0.3 is 0 Å². The molecule has 0 radical (unpaired) electrons. The standard InChI is InChI=1S/C14H11ClN2O/c15-13-6-2-4-11-9-16-14(17(11)13)8-10-3-1-5-12(18)7-10/h1-7,9,18H,8H2. The normalized spacial score (nSPS) is 10.9. The molecule has 0 aliphatic heterocycles. The number of rotatable bonds is 2. The molecular weight excluding hydrogens is 248 g/mol. The van der Waals surface area contributed by atoms with E-state index >= 15 is 0 Å². The molecule has 0 fully saturated rings. The van der Waals surface area contributed by atoms with Gasteiger partial charge in [0.1, 0.15) is 16.7 Å². The van der Waals surface area contributed by atoms with Crippen LogP contribution in [0.15, 0.2) is 48.7 Å². The van der Waals surface area contributed by atoms with E-state index in [2.05, 4.69) is 4.98 Å². The molecule has 2 aromatic heterocycles. The number of benzene rings is 1. The molecule has 90 valence electrons. The summed E-state index contributed by atoms with van der Waals surface area (Å²) in [4.78, 5) is 4.38. The Hall–Kier alpha value is -2.00. The van der Waals surface area contributed by atoms with E-state index < -0.39 is 0 Å². The van der Waals surface area contributed by atoms with Crippen molar-refractivity contribution in [3.05, 3.63) is 65.2 Å². The Morgan fingerprint density at radius 3 is 2.83 bits per heavy atom. The summed E-state index contributed by atoms with van der Waals surface area (Å²) in [5.74, 6) is 1.13. The number of hydrogen-bond donors (Lipinski definition) is 1. The topological polar surface area (TPSA) is 37.5 Å². The molecule has 0 amide bonds. The predicted molar refractivity (Wildman–Crippen MR) is 71.1 cm³/mol. The maximum Gasteiger partial charge on any atom is 0.118 e. The molecule has 4 heteroatoms. The van der Waals surface area contributed by atoms with Gasteiger partial charge in [-0.1, -0.05) is 29.8 Å². The molecule has 2 heterocycles. The largest absolute Gasteiger partial charge is 0.508 e. The lowest BCUT2D eigenvalue weighted by Crippen LogP contribution is -1.97. The average molecular weight is 259 g/mol. The van der Waals surface area contributed by atoms with Gasteiger partial charge in [-0.2, -0.15) is 0 Å². The molecule has 18 heavy (non-hydrogen) atoms. The molecule has 1 aromatic carbocycles. The fraction of sp³-hybridized carbons (Fsp3) is 0.0714. The summed E-state index contributed by atoms with van der Waals surface area (Å²) in [6.45, 7) is 0. The van der Waals surface area contributed by atoms with E-state index in [1.54, 1.807) is 18.3 Å². The Labute approximate surface area is 109 Å². The molecule has 0 atom stereocenters. The maximum atomic E-state index is 9.46. The number of hydrogen-bond acceptors (Lipinski definition) is 2. The van der Waals surface area contributed by atoms with Gasteiger partial charge in [0.25, 0.3) is 0 Å². The third-order valence-electron chi connectivity index (χ3n) is 2.85. The Bertz CT molecular complexity index is 706. The fourth-order valence-corrected chi connectivity index (χ4v) is 2.31. The van der Waals surface area contributed by atoms with E-state index in [1.165, 1.54) is 0 Å². The number of halogens is 1. The van der Waals surface area contributed by atoms with Crippen LogP contribution >= 0.6 is 11.6 Å².